The Balaban J connectivity index is 2.38. The first-order valence-corrected chi connectivity index (χ1v) is 5.11. The summed E-state index contributed by atoms with van der Waals surface area (Å²) in [4.78, 5) is 0. The summed E-state index contributed by atoms with van der Waals surface area (Å²) in [5.41, 5.74) is 8.87. The largest absolute Gasteiger partial charge is 0.343 e. The highest BCUT2D eigenvalue weighted by Gasteiger charge is 2.23. The maximum atomic E-state index is 6.11. The third kappa shape index (κ3) is 0.891. The van der Waals surface area contributed by atoms with Crippen LogP contribution in [0.5, 0.6) is 0 Å². The minimum Gasteiger partial charge on any atom is -0.343 e. The second-order valence-electron chi connectivity index (χ2n) is 4.19. The fraction of sp³-hybridized carbons (Fsp3) is 0.333. The Morgan fingerprint density at radius 2 is 2.21 bits per heavy atom. The molecule has 0 amide bonds. The summed E-state index contributed by atoms with van der Waals surface area (Å²) >= 11 is 0. The molecule has 3 rings (SSSR count). The van der Waals surface area contributed by atoms with Crippen LogP contribution in [0.3, 0.4) is 0 Å². The summed E-state index contributed by atoms with van der Waals surface area (Å²) in [5, 5.41) is 1.33. The van der Waals surface area contributed by atoms with Crippen LogP contribution in [0.1, 0.15) is 18.5 Å². The zero-order valence-corrected chi connectivity index (χ0v) is 8.27. The predicted octanol–water partition coefficient (Wildman–Crippen LogP) is 2.09. The normalized spacial score (nSPS) is 25.6. The average Bonchev–Trinajstić information content (AvgIpc) is 2.60. The maximum absolute atomic E-state index is 6.11. The van der Waals surface area contributed by atoms with Crippen LogP contribution < -0.4 is 5.73 Å². The molecule has 0 spiro atoms. The van der Waals surface area contributed by atoms with E-state index in [0.717, 1.165) is 6.42 Å². The molecule has 2 nitrogen and oxygen atoms in total. The Kier molecular flexibility index (Phi) is 1.50. The maximum Gasteiger partial charge on any atom is 0.0516 e. The molecule has 2 atom stereocenters. The van der Waals surface area contributed by atoms with Crippen molar-refractivity contribution in [2.75, 3.05) is 0 Å². The summed E-state index contributed by atoms with van der Waals surface area (Å²) < 4.78 is 2.30. The van der Waals surface area contributed by atoms with E-state index in [9.17, 15) is 0 Å². The minimum absolute atomic E-state index is 0.250. The Morgan fingerprint density at radius 3 is 3.07 bits per heavy atom. The Morgan fingerprint density at radius 1 is 1.36 bits per heavy atom. The van der Waals surface area contributed by atoms with Crippen LogP contribution in [0.25, 0.3) is 10.9 Å². The first kappa shape index (κ1) is 8.06. The molecule has 2 aromatic rings. The van der Waals surface area contributed by atoms with Crippen molar-refractivity contribution in [3.8, 4) is 0 Å². The van der Waals surface area contributed by atoms with E-state index in [2.05, 4.69) is 42.0 Å². The number of benzene rings is 1. The van der Waals surface area contributed by atoms with Crippen molar-refractivity contribution in [3.63, 3.8) is 0 Å². The molecule has 1 aromatic carbocycles. The first-order valence-electron chi connectivity index (χ1n) is 5.11. The van der Waals surface area contributed by atoms with Gasteiger partial charge in [0, 0.05) is 18.3 Å². The number of nitrogens with two attached hydrogens (primary N) is 1. The molecule has 0 unspecified atom stereocenters. The van der Waals surface area contributed by atoms with Gasteiger partial charge in [-0.3, -0.25) is 0 Å². The van der Waals surface area contributed by atoms with Gasteiger partial charge >= 0.3 is 0 Å². The molecule has 1 aliphatic heterocycles. The van der Waals surface area contributed by atoms with E-state index >= 15 is 0 Å². The van der Waals surface area contributed by atoms with Crippen molar-refractivity contribution in [1.29, 1.82) is 0 Å². The van der Waals surface area contributed by atoms with Crippen LogP contribution in [0.4, 0.5) is 0 Å². The molecule has 1 aromatic heterocycles. The SMILES string of the molecule is C[C@@H]1[C@H](N)Cc2cccc3ccn1c23. The predicted molar refractivity (Wildman–Crippen MR) is 58.3 cm³/mol. The molecular formula is C12H14N2. The summed E-state index contributed by atoms with van der Waals surface area (Å²) in [6.07, 6.45) is 3.15. The zero-order valence-electron chi connectivity index (χ0n) is 8.27. The number of aromatic nitrogens is 1. The van der Waals surface area contributed by atoms with Gasteiger partial charge in [0.2, 0.25) is 0 Å². The van der Waals surface area contributed by atoms with Crippen molar-refractivity contribution < 1.29 is 0 Å². The van der Waals surface area contributed by atoms with Crippen LogP contribution in [0.15, 0.2) is 30.5 Å². The fourth-order valence-electron chi connectivity index (χ4n) is 2.43. The minimum atomic E-state index is 0.250. The van der Waals surface area contributed by atoms with Crippen LogP contribution in [-0.4, -0.2) is 10.6 Å². The number of nitrogens with zero attached hydrogens (tertiary/aromatic N) is 1. The van der Waals surface area contributed by atoms with Crippen LogP contribution in [-0.2, 0) is 6.42 Å². The Hall–Kier alpha value is -1.28. The number of rotatable bonds is 0. The van der Waals surface area contributed by atoms with Crippen molar-refractivity contribution >= 4 is 10.9 Å². The molecule has 0 saturated carbocycles. The van der Waals surface area contributed by atoms with Crippen LogP contribution >= 0.6 is 0 Å². The van der Waals surface area contributed by atoms with Gasteiger partial charge in [-0.1, -0.05) is 18.2 Å². The second-order valence-corrected chi connectivity index (χ2v) is 4.19. The topological polar surface area (TPSA) is 30.9 Å². The van der Waals surface area contributed by atoms with Crippen LogP contribution in [0, 0.1) is 0 Å². The molecular weight excluding hydrogens is 172 g/mol. The van der Waals surface area contributed by atoms with Gasteiger partial charge in [0.25, 0.3) is 0 Å². The van der Waals surface area contributed by atoms with Gasteiger partial charge in [-0.25, -0.2) is 0 Å². The molecule has 0 fully saturated rings. The first-order chi connectivity index (χ1) is 6.77. The highest BCUT2D eigenvalue weighted by Crippen LogP contribution is 2.30. The lowest BCUT2D eigenvalue weighted by molar-refractivity contribution is 0.433. The van der Waals surface area contributed by atoms with E-state index in [0.29, 0.717) is 6.04 Å². The highest BCUT2D eigenvalue weighted by atomic mass is 15.0. The van der Waals surface area contributed by atoms with Gasteiger partial charge in [0.05, 0.1) is 5.52 Å². The summed E-state index contributed by atoms with van der Waals surface area (Å²) in [6.45, 7) is 2.19. The standard InChI is InChI=1S/C12H14N2/c1-8-11(13)7-10-4-2-3-9-5-6-14(8)12(9)10/h2-6,8,11H,7,13H2,1H3/t8-,11-/m1/s1. The molecule has 0 aliphatic carbocycles. The molecule has 2 N–H and O–H groups in total. The van der Waals surface area contributed by atoms with E-state index < -0.39 is 0 Å². The molecule has 0 saturated heterocycles. The summed E-state index contributed by atoms with van der Waals surface area (Å²) in [7, 11) is 0. The zero-order chi connectivity index (χ0) is 9.71. The van der Waals surface area contributed by atoms with Crippen molar-refractivity contribution in [1.82, 2.24) is 4.57 Å². The lowest BCUT2D eigenvalue weighted by atomic mass is 9.95. The number of hydrogen-bond donors (Lipinski definition) is 1. The van der Waals surface area contributed by atoms with Crippen molar-refractivity contribution in [3.05, 3.63) is 36.0 Å². The van der Waals surface area contributed by atoms with Crippen LogP contribution in [0.2, 0.25) is 0 Å². The van der Waals surface area contributed by atoms with Crippen molar-refractivity contribution in [2.45, 2.75) is 25.4 Å². The molecule has 14 heavy (non-hydrogen) atoms. The Bertz CT molecular complexity index is 484. The van der Waals surface area contributed by atoms with E-state index in [1.165, 1.54) is 16.5 Å². The number of para-hydroxylation sites is 1. The van der Waals surface area contributed by atoms with E-state index in [-0.39, 0.29) is 6.04 Å². The molecule has 72 valence electrons. The quantitative estimate of drug-likeness (QED) is 0.671. The molecule has 1 aliphatic rings. The average molecular weight is 186 g/mol. The van der Waals surface area contributed by atoms with E-state index in [4.69, 9.17) is 5.73 Å². The van der Waals surface area contributed by atoms with E-state index in [1.807, 2.05) is 0 Å². The summed E-state index contributed by atoms with van der Waals surface area (Å²) in [5.74, 6) is 0. The lowest BCUT2D eigenvalue weighted by Crippen LogP contribution is -2.35. The highest BCUT2D eigenvalue weighted by molar-refractivity contribution is 5.84. The van der Waals surface area contributed by atoms with E-state index in [1.54, 1.807) is 0 Å². The van der Waals surface area contributed by atoms with Gasteiger partial charge in [-0.2, -0.15) is 0 Å². The third-order valence-electron chi connectivity index (χ3n) is 3.34. The third-order valence-corrected chi connectivity index (χ3v) is 3.34. The summed E-state index contributed by atoms with van der Waals surface area (Å²) in [6, 6.07) is 9.31. The second kappa shape index (κ2) is 2.61. The van der Waals surface area contributed by atoms with Crippen molar-refractivity contribution in [2.24, 2.45) is 5.73 Å². The fourth-order valence-corrected chi connectivity index (χ4v) is 2.43. The number of hydrogen-bond acceptors (Lipinski definition) is 1. The van der Waals surface area contributed by atoms with Gasteiger partial charge in [0.15, 0.2) is 0 Å². The Labute approximate surface area is 83.3 Å². The molecule has 2 heteroatoms. The molecule has 2 heterocycles. The smallest absolute Gasteiger partial charge is 0.0516 e. The van der Waals surface area contributed by atoms with Gasteiger partial charge in [-0.15, -0.1) is 0 Å². The van der Waals surface area contributed by atoms with Gasteiger partial charge < -0.3 is 10.3 Å². The molecule has 0 bridgehead atoms. The monoisotopic (exact) mass is 186 g/mol. The molecule has 0 radical (unpaired) electrons. The van der Waals surface area contributed by atoms with Gasteiger partial charge in [0.1, 0.15) is 0 Å². The lowest BCUT2D eigenvalue weighted by Gasteiger charge is -2.28. The van der Waals surface area contributed by atoms with Gasteiger partial charge in [-0.05, 0) is 30.4 Å².